The second kappa shape index (κ2) is 7.71. The molecule has 0 saturated carbocycles. The standard InChI is InChI=1S/C22H17FN2O4/c1-13-18(25-21(29-13)14-2-5-16(23)6-3-14)10-11-28-17-7-9-19-15(12-17)4-8-20(24-19)22(26)27/h2-9,12H,10-11H2,1H3,(H,26,27). The van der Waals surface area contributed by atoms with Crippen molar-refractivity contribution in [3.05, 3.63) is 77.6 Å². The van der Waals surface area contributed by atoms with Crippen LogP contribution in [0.15, 0.2) is 59.0 Å². The molecular weight excluding hydrogens is 375 g/mol. The van der Waals surface area contributed by atoms with Crippen molar-refractivity contribution in [3.63, 3.8) is 0 Å². The van der Waals surface area contributed by atoms with Crippen molar-refractivity contribution in [2.24, 2.45) is 0 Å². The molecule has 2 aromatic carbocycles. The highest BCUT2D eigenvalue weighted by molar-refractivity contribution is 5.90. The Morgan fingerprint density at radius 1 is 1.10 bits per heavy atom. The summed E-state index contributed by atoms with van der Waals surface area (Å²) in [5, 5.41) is 9.81. The maximum atomic E-state index is 13.1. The van der Waals surface area contributed by atoms with Crippen molar-refractivity contribution < 1.29 is 23.4 Å². The van der Waals surface area contributed by atoms with Gasteiger partial charge in [-0.3, -0.25) is 0 Å². The maximum Gasteiger partial charge on any atom is 0.354 e. The van der Waals surface area contributed by atoms with Gasteiger partial charge >= 0.3 is 5.97 Å². The molecule has 1 N–H and O–H groups in total. The molecule has 0 radical (unpaired) electrons. The van der Waals surface area contributed by atoms with E-state index < -0.39 is 5.97 Å². The van der Waals surface area contributed by atoms with Crippen LogP contribution in [0.4, 0.5) is 4.39 Å². The molecule has 7 heteroatoms. The molecule has 0 spiro atoms. The topological polar surface area (TPSA) is 85.5 Å². The predicted molar refractivity (Wildman–Crippen MR) is 105 cm³/mol. The number of aromatic carboxylic acids is 1. The van der Waals surface area contributed by atoms with E-state index in [1.807, 2.05) is 13.0 Å². The number of aryl methyl sites for hydroxylation is 1. The molecule has 4 aromatic rings. The van der Waals surface area contributed by atoms with Crippen molar-refractivity contribution in [3.8, 4) is 17.2 Å². The van der Waals surface area contributed by atoms with Crippen LogP contribution in [-0.4, -0.2) is 27.7 Å². The van der Waals surface area contributed by atoms with Crippen LogP contribution in [0.1, 0.15) is 21.9 Å². The summed E-state index contributed by atoms with van der Waals surface area (Å²) in [7, 11) is 0. The Morgan fingerprint density at radius 3 is 2.66 bits per heavy atom. The summed E-state index contributed by atoms with van der Waals surface area (Å²) in [4.78, 5) is 19.6. The van der Waals surface area contributed by atoms with Crippen molar-refractivity contribution in [1.82, 2.24) is 9.97 Å². The zero-order valence-electron chi connectivity index (χ0n) is 15.6. The smallest absolute Gasteiger partial charge is 0.354 e. The Morgan fingerprint density at radius 2 is 1.90 bits per heavy atom. The summed E-state index contributed by atoms with van der Waals surface area (Å²) in [6.45, 7) is 2.22. The molecule has 2 aromatic heterocycles. The van der Waals surface area contributed by atoms with Gasteiger partial charge in [-0.15, -0.1) is 0 Å². The predicted octanol–water partition coefficient (Wildman–Crippen LogP) is 4.66. The van der Waals surface area contributed by atoms with Crippen LogP contribution in [0, 0.1) is 12.7 Å². The quantitative estimate of drug-likeness (QED) is 0.514. The molecule has 6 nitrogen and oxygen atoms in total. The summed E-state index contributed by atoms with van der Waals surface area (Å²) in [5.74, 6) is 0.424. The normalized spacial score (nSPS) is 11.0. The third-order valence-electron chi connectivity index (χ3n) is 4.47. The average Bonchev–Trinajstić information content (AvgIpc) is 3.08. The van der Waals surface area contributed by atoms with E-state index in [1.165, 1.54) is 18.2 Å². The Bertz CT molecular complexity index is 1190. The van der Waals surface area contributed by atoms with Crippen LogP contribution in [0.25, 0.3) is 22.4 Å². The van der Waals surface area contributed by atoms with Gasteiger partial charge < -0.3 is 14.3 Å². The van der Waals surface area contributed by atoms with Gasteiger partial charge in [0.2, 0.25) is 5.89 Å². The zero-order valence-corrected chi connectivity index (χ0v) is 15.6. The number of ether oxygens (including phenoxy) is 1. The lowest BCUT2D eigenvalue weighted by Crippen LogP contribution is -2.03. The number of fused-ring (bicyclic) bond motifs is 1. The monoisotopic (exact) mass is 392 g/mol. The largest absolute Gasteiger partial charge is 0.493 e. The van der Waals surface area contributed by atoms with Crippen molar-refractivity contribution >= 4 is 16.9 Å². The number of halogens is 1. The van der Waals surface area contributed by atoms with Crippen LogP contribution >= 0.6 is 0 Å². The first-order valence-corrected chi connectivity index (χ1v) is 8.99. The minimum absolute atomic E-state index is 0.00429. The average molecular weight is 392 g/mol. The van der Waals surface area contributed by atoms with Gasteiger partial charge in [-0.25, -0.2) is 19.2 Å². The highest BCUT2D eigenvalue weighted by atomic mass is 19.1. The first kappa shape index (κ1) is 18.6. The molecule has 0 atom stereocenters. The van der Waals surface area contributed by atoms with E-state index in [2.05, 4.69) is 9.97 Å². The van der Waals surface area contributed by atoms with Crippen molar-refractivity contribution in [2.45, 2.75) is 13.3 Å². The van der Waals surface area contributed by atoms with E-state index in [4.69, 9.17) is 14.3 Å². The Balaban J connectivity index is 1.43. The van der Waals surface area contributed by atoms with Gasteiger partial charge in [0, 0.05) is 17.4 Å². The van der Waals surface area contributed by atoms with Gasteiger partial charge in [0.05, 0.1) is 17.8 Å². The first-order valence-electron chi connectivity index (χ1n) is 8.99. The lowest BCUT2D eigenvalue weighted by atomic mass is 10.2. The summed E-state index contributed by atoms with van der Waals surface area (Å²) < 4.78 is 24.6. The maximum absolute atomic E-state index is 13.1. The minimum atomic E-state index is -1.06. The Kier molecular flexibility index (Phi) is 4.95. The molecule has 0 bridgehead atoms. The molecule has 146 valence electrons. The Labute approximate surface area is 165 Å². The molecule has 29 heavy (non-hydrogen) atoms. The summed E-state index contributed by atoms with van der Waals surface area (Å²) in [5.41, 5.74) is 2.08. The number of pyridine rings is 1. The zero-order chi connectivity index (χ0) is 20.4. The van der Waals surface area contributed by atoms with E-state index in [-0.39, 0.29) is 11.5 Å². The molecule has 0 fully saturated rings. The van der Waals surface area contributed by atoms with Gasteiger partial charge in [-0.2, -0.15) is 0 Å². The Hall–Kier alpha value is -3.74. The van der Waals surface area contributed by atoms with Crippen LogP contribution in [0.5, 0.6) is 5.75 Å². The molecule has 0 aliphatic rings. The number of carboxylic acid groups (broad SMARTS) is 1. The number of hydrogen-bond donors (Lipinski definition) is 1. The SMILES string of the molecule is Cc1oc(-c2ccc(F)cc2)nc1CCOc1ccc2nc(C(=O)O)ccc2c1. The number of carbonyl (C=O) groups is 1. The summed E-state index contributed by atoms with van der Waals surface area (Å²) in [6.07, 6.45) is 0.546. The number of oxazole rings is 1. The van der Waals surface area contributed by atoms with Gasteiger partial charge in [-0.1, -0.05) is 6.07 Å². The molecule has 2 heterocycles. The molecule has 0 aliphatic heterocycles. The van der Waals surface area contributed by atoms with Crippen molar-refractivity contribution in [2.75, 3.05) is 6.61 Å². The minimum Gasteiger partial charge on any atom is -0.493 e. The number of benzene rings is 2. The van der Waals surface area contributed by atoms with Gasteiger partial charge in [-0.05, 0) is 55.5 Å². The molecule has 0 unspecified atom stereocenters. The highest BCUT2D eigenvalue weighted by Gasteiger charge is 2.12. The molecule has 0 saturated heterocycles. The number of aromatic nitrogens is 2. The fourth-order valence-corrected chi connectivity index (χ4v) is 2.95. The lowest BCUT2D eigenvalue weighted by Gasteiger charge is -2.07. The molecule has 0 aliphatic carbocycles. The van der Waals surface area contributed by atoms with Crippen LogP contribution in [0.2, 0.25) is 0 Å². The van der Waals surface area contributed by atoms with E-state index in [9.17, 15) is 9.18 Å². The molecule has 0 amide bonds. The third kappa shape index (κ3) is 4.08. The van der Waals surface area contributed by atoms with E-state index >= 15 is 0 Å². The molecular formula is C22H17FN2O4. The van der Waals surface area contributed by atoms with Crippen LogP contribution in [0.3, 0.4) is 0 Å². The fraction of sp³-hybridized carbons (Fsp3) is 0.136. The number of carboxylic acids is 1. The fourth-order valence-electron chi connectivity index (χ4n) is 2.95. The van der Waals surface area contributed by atoms with E-state index in [0.29, 0.717) is 41.5 Å². The van der Waals surface area contributed by atoms with Gasteiger partial charge in [0.1, 0.15) is 23.0 Å². The van der Waals surface area contributed by atoms with Gasteiger partial charge in [0.15, 0.2) is 0 Å². The number of rotatable bonds is 6. The summed E-state index contributed by atoms with van der Waals surface area (Å²) in [6, 6.07) is 14.4. The second-order valence-electron chi connectivity index (χ2n) is 6.48. The number of nitrogens with zero attached hydrogens (tertiary/aromatic N) is 2. The van der Waals surface area contributed by atoms with Crippen LogP contribution in [-0.2, 0) is 6.42 Å². The molecule has 4 rings (SSSR count). The van der Waals surface area contributed by atoms with E-state index in [0.717, 1.165) is 11.1 Å². The van der Waals surface area contributed by atoms with E-state index in [1.54, 1.807) is 30.3 Å². The second-order valence-corrected chi connectivity index (χ2v) is 6.48. The highest BCUT2D eigenvalue weighted by Crippen LogP contribution is 2.23. The van der Waals surface area contributed by atoms with Crippen molar-refractivity contribution in [1.29, 1.82) is 0 Å². The number of hydrogen-bond acceptors (Lipinski definition) is 5. The summed E-state index contributed by atoms with van der Waals surface area (Å²) >= 11 is 0. The third-order valence-corrected chi connectivity index (χ3v) is 4.47. The van der Waals surface area contributed by atoms with Crippen LogP contribution < -0.4 is 4.74 Å². The van der Waals surface area contributed by atoms with Gasteiger partial charge in [0.25, 0.3) is 0 Å². The first-order chi connectivity index (χ1) is 14.0. The lowest BCUT2D eigenvalue weighted by molar-refractivity contribution is 0.0691.